The number of hydrogen-bond acceptors (Lipinski definition) is 3. The summed E-state index contributed by atoms with van der Waals surface area (Å²) >= 11 is 0. The molecule has 3 aliphatic rings. The van der Waals surface area contributed by atoms with Gasteiger partial charge in [0.25, 0.3) is 0 Å². The first-order valence-corrected chi connectivity index (χ1v) is 11.6. The van der Waals surface area contributed by atoms with E-state index in [2.05, 4.69) is 26.8 Å². The van der Waals surface area contributed by atoms with Gasteiger partial charge in [0.2, 0.25) is 0 Å². The lowest BCUT2D eigenvalue weighted by atomic mass is 9.46. The molecule has 0 saturated heterocycles. The number of rotatable bonds is 4. The molecule has 1 aromatic carbocycles. The van der Waals surface area contributed by atoms with Gasteiger partial charge < -0.3 is 0 Å². The van der Waals surface area contributed by atoms with Crippen LogP contribution in [0.4, 0.5) is 0 Å². The molecule has 160 valence electrons. The second-order valence-corrected chi connectivity index (χ2v) is 10.3. The van der Waals surface area contributed by atoms with E-state index in [9.17, 15) is 14.4 Å². The van der Waals surface area contributed by atoms with Crippen molar-refractivity contribution in [3.05, 3.63) is 47.5 Å². The van der Waals surface area contributed by atoms with E-state index >= 15 is 0 Å². The summed E-state index contributed by atoms with van der Waals surface area (Å²) in [5, 5.41) is 0. The molecule has 3 heteroatoms. The Kier molecular flexibility index (Phi) is 5.36. The Morgan fingerprint density at radius 1 is 1.13 bits per heavy atom. The fraction of sp³-hybridized carbons (Fsp3) is 0.593. The van der Waals surface area contributed by atoms with Crippen LogP contribution in [0.15, 0.2) is 42.0 Å². The zero-order chi connectivity index (χ0) is 21.7. The summed E-state index contributed by atoms with van der Waals surface area (Å²) < 4.78 is 0. The van der Waals surface area contributed by atoms with Crippen molar-refractivity contribution < 1.29 is 14.4 Å². The van der Waals surface area contributed by atoms with Crippen molar-refractivity contribution >= 4 is 17.3 Å². The molecule has 0 aromatic heterocycles. The quantitative estimate of drug-likeness (QED) is 0.359. The van der Waals surface area contributed by atoms with Crippen LogP contribution in [0.5, 0.6) is 0 Å². The van der Waals surface area contributed by atoms with Crippen LogP contribution in [0.2, 0.25) is 0 Å². The fourth-order valence-electron chi connectivity index (χ4n) is 6.87. The highest BCUT2D eigenvalue weighted by atomic mass is 16.2. The number of fused-ring (bicyclic) bond motifs is 3. The molecule has 0 spiro atoms. The Morgan fingerprint density at radius 3 is 2.50 bits per heavy atom. The van der Waals surface area contributed by atoms with Gasteiger partial charge in [0, 0.05) is 23.8 Å². The highest BCUT2D eigenvalue weighted by molar-refractivity contribution is 6.11. The Morgan fingerprint density at radius 2 is 1.83 bits per heavy atom. The maximum atomic E-state index is 13.2. The molecular weight excluding hydrogens is 372 g/mol. The van der Waals surface area contributed by atoms with Gasteiger partial charge in [0.1, 0.15) is 11.6 Å². The number of hydrogen-bond donors (Lipinski definition) is 0. The lowest BCUT2D eigenvalue weighted by molar-refractivity contribution is -0.139. The van der Waals surface area contributed by atoms with Gasteiger partial charge in [0.15, 0.2) is 5.78 Å². The highest BCUT2D eigenvalue weighted by Crippen LogP contribution is 2.61. The van der Waals surface area contributed by atoms with Crippen LogP contribution in [0.3, 0.4) is 0 Å². The van der Waals surface area contributed by atoms with E-state index in [1.165, 1.54) is 5.57 Å². The lowest BCUT2D eigenvalue weighted by Crippen LogP contribution is -2.53. The van der Waals surface area contributed by atoms with E-state index in [1.54, 1.807) is 0 Å². The molecule has 30 heavy (non-hydrogen) atoms. The Hall–Kier alpha value is -2.03. The first kappa shape index (κ1) is 21.2. The summed E-state index contributed by atoms with van der Waals surface area (Å²) in [4.78, 5) is 38.9. The zero-order valence-corrected chi connectivity index (χ0v) is 18.7. The van der Waals surface area contributed by atoms with Gasteiger partial charge in [-0.05, 0) is 48.9 Å². The third-order valence-corrected chi connectivity index (χ3v) is 9.04. The summed E-state index contributed by atoms with van der Waals surface area (Å²) in [6.45, 7) is 8.67. The van der Waals surface area contributed by atoms with Crippen molar-refractivity contribution in [3.8, 4) is 0 Å². The zero-order valence-electron chi connectivity index (χ0n) is 18.7. The summed E-state index contributed by atoms with van der Waals surface area (Å²) in [7, 11) is 0. The van der Waals surface area contributed by atoms with Gasteiger partial charge in [0.05, 0.1) is 5.92 Å². The predicted octanol–water partition coefficient (Wildman–Crippen LogP) is 5.83. The summed E-state index contributed by atoms with van der Waals surface area (Å²) in [6.07, 6.45) is 6.76. The molecule has 0 bridgehead atoms. The number of benzene rings is 1. The molecule has 4 rings (SSSR count). The minimum atomic E-state index is -0.547. The van der Waals surface area contributed by atoms with Gasteiger partial charge in [-0.1, -0.05) is 69.7 Å². The average Bonchev–Trinajstić information content (AvgIpc) is 2.75. The van der Waals surface area contributed by atoms with Crippen LogP contribution in [0.1, 0.15) is 76.6 Å². The summed E-state index contributed by atoms with van der Waals surface area (Å²) in [5.74, 6) is 1.06. The molecule has 1 aromatic rings. The Labute approximate surface area is 180 Å². The predicted molar refractivity (Wildman–Crippen MR) is 118 cm³/mol. The van der Waals surface area contributed by atoms with Gasteiger partial charge in [-0.2, -0.15) is 0 Å². The summed E-state index contributed by atoms with van der Waals surface area (Å²) in [6, 6.07) is 9.25. The van der Waals surface area contributed by atoms with Crippen molar-refractivity contribution in [3.63, 3.8) is 0 Å². The molecule has 0 N–H and O–H groups in total. The SMILES string of the molecule is CCC(=O)C1(C)CCC2C(CC=C3CC(=O)C(C(=O)c4ccccc4)CC32C)C1C. The third-order valence-electron chi connectivity index (χ3n) is 9.04. The van der Waals surface area contributed by atoms with Gasteiger partial charge >= 0.3 is 0 Å². The minimum Gasteiger partial charge on any atom is -0.299 e. The number of carbonyl (C=O) groups is 3. The van der Waals surface area contributed by atoms with E-state index < -0.39 is 5.92 Å². The van der Waals surface area contributed by atoms with Crippen LogP contribution in [-0.4, -0.2) is 17.3 Å². The smallest absolute Gasteiger partial charge is 0.173 e. The molecule has 0 aliphatic heterocycles. The maximum absolute atomic E-state index is 13.2. The molecule has 2 saturated carbocycles. The van der Waals surface area contributed by atoms with Crippen LogP contribution in [-0.2, 0) is 9.59 Å². The van der Waals surface area contributed by atoms with Crippen LogP contribution in [0.25, 0.3) is 0 Å². The monoisotopic (exact) mass is 406 g/mol. The second-order valence-electron chi connectivity index (χ2n) is 10.3. The molecule has 6 atom stereocenters. The van der Waals surface area contributed by atoms with Crippen molar-refractivity contribution in [1.82, 2.24) is 0 Å². The molecule has 3 aliphatic carbocycles. The van der Waals surface area contributed by atoms with Gasteiger partial charge in [-0.3, -0.25) is 14.4 Å². The van der Waals surface area contributed by atoms with Gasteiger partial charge in [-0.25, -0.2) is 0 Å². The second kappa shape index (κ2) is 7.59. The first-order valence-electron chi connectivity index (χ1n) is 11.6. The van der Waals surface area contributed by atoms with Crippen molar-refractivity contribution in [2.24, 2.45) is 34.5 Å². The van der Waals surface area contributed by atoms with E-state index in [4.69, 9.17) is 0 Å². The highest BCUT2D eigenvalue weighted by Gasteiger charge is 2.56. The minimum absolute atomic E-state index is 0.0298. The number of allylic oxidation sites excluding steroid dienone is 2. The van der Waals surface area contributed by atoms with Crippen molar-refractivity contribution in [1.29, 1.82) is 0 Å². The molecular formula is C27H34O3. The first-order chi connectivity index (χ1) is 14.2. The largest absolute Gasteiger partial charge is 0.299 e. The molecule has 2 fully saturated rings. The number of ketones is 3. The molecule has 0 heterocycles. The fourth-order valence-corrected chi connectivity index (χ4v) is 6.87. The van der Waals surface area contributed by atoms with E-state index in [0.717, 1.165) is 19.3 Å². The molecule has 0 radical (unpaired) electrons. The maximum Gasteiger partial charge on any atom is 0.173 e. The molecule has 6 unspecified atom stereocenters. The van der Waals surface area contributed by atoms with Crippen LogP contribution >= 0.6 is 0 Å². The van der Waals surface area contributed by atoms with E-state index in [1.807, 2.05) is 37.3 Å². The van der Waals surface area contributed by atoms with Crippen LogP contribution in [0, 0.1) is 34.5 Å². The third kappa shape index (κ3) is 3.13. The van der Waals surface area contributed by atoms with Gasteiger partial charge in [-0.15, -0.1) is 0 Å². The normalized spacial score (nSPS) is 38.3. The van der Waals surface area contributed by atoms with Crippen LogP contribution < -0.4 is 0 Å². The topological polar surface area (TPSA) is 51.2 Å². The number of carbonyl (C=O) groups excluding carboxylic acids is 3. The Balaban J connectivity index is 1.65. The van der Waals surface area contributed by atoms with E-state index in [-0.39, 0.29) is 22.4 Å². The number of Topliss-reactive ketones (excluding diaryl/α,β-unsaturated/α-hetero) is 3. The lowest BCUT2D eigenvalue weighted by Gasteiger charge is -2.57. The summed E-state index contributed by atoms with van der Waals surface area (Å²) in [5.41, 5.74) is 1.50. The standard InChI is InChI=1S/C27H34O3/c1-5-24(29)26(3)14-13-22-20(17(26)2)12-11-19-15-23(28)21(16-27(19,22)4)25(30)18-9-7-6-8-10-18/h6-11,17,20-22H,5,12-16H2,1-4H3. The Bertz CT molecular complexity index is 898. The van der Waals surface area contributed by atoms with Crippen molar-refractivity contribution in [2.45, 2.75) is 66.2 Å². The van der Waals surface area contributed by atoms with E-state index in [0.29, 0.717) is 48.4 Å². The average molecular weight is 407 g/mol. The van der Waals surface area contributed by atoms with Crippen molar-refractivity contribution in [2.75, 3.05) is 0 Å². The molecule has 3 nitrogen and oxygen atoms in total. The molecule has 0 amide bonds.